The summed E-state index contributed by atoms with van der Waals surface area (Å²) in [5.74, 6) is 1.42. The highest BCUT2D eigenvalue weighted by Crippen LogP contribution is 2.33. The first kappa shape index (κ1) is 14.2. The van der Waals surface area contributed by atoms with Gasteiger partial charge in [0.2, 0.25) is 5.78 Å². The van der Waals surface area contributed by atoms with Gasteiger partial charge in [0.25, 0.3) is 0 Å². The van der Waals surface area contributed by atoms with Crippen molar-refractivity contribution in [2.45, 2.75) is 10.8 Å². The Hall–Kier alpha value is -1.73. The number of aromatic nitrogens is 1. The molecular formula is C14H14N2O3S2. The summed E-state index contributed by atoms with van der Waals surface area (Å²) >= 11 is 2.78. The van der Waals surface area contributed by atoms with Crippen LogP contribution in [-0.4, -0.2) is 30.2 Å². The van der Waals surface area contributed by atoms with Gasteiger partial charge in [-0.05, 0) is 24.5 Å². The number of nitrogens with two attached hydrogens (primary N) is 1. The van der Waals surface area contributed by atoms with Gasteiger partial charge in [0.05, 0.1) is 13.2 Å². The standard InChI is InChI=1S/C14H14N2O3S2/c1-20-14-16-13(15)12(21-14)11(17)8-3-4-9-10(7-8)19-6-2-5-18-9/h3-4,7H,2,5-6,15H2,1H3. The van der Waals surface area contributed by atoms with Crippen LogP contribution < -0.4 is 15.2 Å². The molecule has 0 fully saturated rings. The van der Waals surface area contributed by atoms with E-state index in [0.717, 1.165) is 10.8 Å². The predicted octanol–water partition coefficient (Wildman–Crippen LogP) is 2.84. The Bertz CT molecular complexity index is 685. The minimum absolute atomic E-state index is 0.138. The van der Waals surface area contributed by atoms with Gasteiger partial charge in [-0.15, -0.1) is 11.3 Å². The Balaban J connectivity index is 1.94. The Morgan fingerprint density at radius 1 is 1.33 bits per heavy atom. The molecule has 2 N–H and O–H groups in total. The van der Waals surface area contributed by atoms with Crippen molar-refractivity contribution in [3.8, 4) is 11.5 Å². The second-order valence-corrected chi connectivity index (χ2v) is 6.49. The van der Waals surface area contributed by atoms with E-state index in [1.807, 2.05) is 6.26 Å². The first-order valence-corrected chi connectivity index (χ1v) is 8.48. The van der Waals surface area contributed by atoms with Crippen LogP contribution in [0.4, 0.5) is 5.82 Å². The number of anilines is 1. The molecule has 1 aromatic heterocycles. The summed E-state index contributed by atoms with van der Waals surface area (Å²) in [7, 11) is 0. The number of ether oxygens (including phenoxy) is 2. The highest BCUT2D eigenvalue weighted by atomic mass is 32.2. The third-order valence-electron chi connectivity index (χ3n) is 3.02. The average molecular weight is 322 g/mol. The Labute approximate surface area is 130 Å². The second kappa shape index (κ2) is 5.95. The molecule has 21 heavy (non-hydrogen) atoms. The molecule has 0 atom stereocenters. The molecule has 0 aliphatic carbocycles. The summed E-state index contributed by atoms with van der Waals surface area (Å²) in [6, 6.07) is 5.20. The number of rotatable bonds is 3. The van der Waals surface area contributed by atoms with Gasteiger partial charge in [-0.1, -0.05) is 11.8 Å². The minimum Gasteiger partial charge on any atom is -0.490 e. The number of thiazole rings is 1. The highest BCUT2D eigenvalue weighted by molar-refractivity contribution is 8.00. The van der Waals surface area contributed by atoms with Crippen molar-refractivity contribution in [3.05, 3.63) is 28.6 Å². The van der Waals surface area contributed by atoms with Crippen LogP contribution in [0.1, 0.15) is 21.7 Å². The van der Waals surface area contributed by atoms with Gasteiger partial charge in [0, 0.05) is 12.0 Å². The van der Waals surface area contributed by atoms with E-state index in [1.54, 1.807) is 18.2 Å². The molecule has 110 valence electrons. The zero-order chi connectivity index (χ0) is 14.8. The molecule has 5 nitrogen and oxygen atoms in total. The maximum Gasteiger partial charge on any atom is 0.206 e. The summed E-state index contributed by atoms with van der Waals surface area (Å²) in [5.41, 5.74) is 6.36. The molecule has 2 aromatic rings. The normalized spacial score (nSPS) is 13.8. The molecule has 0 unspecified atom stereocenters. The molecule has 1 aliphatic heterocycles. The number of thioether (sulfide) groups is 1. The maximum atomic E-state index is 12.6. The van der Waals surface area contributed by atoms with Gasteiger partial charge in [-0.3, -0.25) is 4.79 Å². The summed E-state index contributed by atoms with van der Waals surface area (Å²) in [4.78, 5) is 17.2. The van der Waals surface area contributed by atoms with E-state index in [4.69, 9.17) is 15.2 Å². The van der Waals surface area contributed by atoms with Crippen molar-refractivity contribution in [1.29, 1.82) is 0 Å². The van der Waals surface area contributed by atoms with Crippen LogP contribution >= 0.6 is 23.1 Å². The molecule has 0 amide bonds. The van der Waals surface area contributed by atoms with E-state index >= 15 is 0 Å². The number of hydrogen-bond donors (Lipinski definition) is 1. The van der Waals surface area contributed by atoms with Crippen molar-refractivity contribution in [3.63, 3.8) is 0 Å². The van der Waals surface area contributed by atoms with Crippen LogP contribution in [0.25, 0.3) is 0 Å². The third kappa shape index (κ3) is 2.84. The Morgan fingerprint density at radius 3 is 2.81 bits per heavy atom. The topological polar surface area (TPSA) is 74.4 Å². The van der Waals surface area contributed by atoms with Crippen molar-refractivity contribution < 1.29 is 14.3 Å². The molecule has 0 bridgehead atoms. The van der Waals surface area contributed by atoms with Gasteiger partial charge in [-0.25, -0.2) is 4.98 Å². The van der Waals surface area contributed by atoms with Crippen molar-refractivity contribution in [1.82, 2.24) is 4.98 Å². The zero-order valence-electron chi connectivity index (χ0n) is 11.4. The highest BCUT2D eigenvalue weighted by Gasteiger charge is 2.20. The zero-order valence-corrected chi connectivity index (χ0v) is 13.1. The van der Waals surface area contributed by atoms with Crippen molar-refractivity contribution in [2.24, 2.45) is 0 Å². The van der Waals surface area contributed by atoms with Crippen LogP contribution in [0.5, 0.6) is 11.5 Å². The SMILES string of the molecule is CSc1nc(N)c(C(=O)c2ccc3c(c2)OCCCO3)s1. The predicted molar refractivity (Wildman–Crippen MR) is 83.8 cm³/mol. The molecule has 1 aliphatic rings. The van der Waals surface area contributed by atoms with E-state index in [2.05, 4.69) is 4.98 Å². The summed E-state index contributed by atoms with van der Waals surface area (Å²) < 4.78 is 11.9. The molecule has 0 radical (unpaired) electrons. The molecule has 3 rings (SSSR count). The molecule has 0 spiro atoms. The monoisotopic (exact) mass is 322 g/mol. The molecular weight excluding hydrogens is 308 g/mol. The van der Waals surface area contributed by atoms with Crippen LogP contribution in [0, 0.1) is 0 Å². The molecule has 1 aromatic carbocycles. The van der Waals surface area contributed by atoms with Crippen molar-refractivity contribution >= 4 is 34.7 Å². The number of hydrogen-bond acceptors (Lipinski definition) is 7. The fraction of sp³-hybridized carbons (Fsp3) is 0.286. The Kier molecular flexibility index (Phi) is 4.03. The van der Waals surface area contributed by atoms with Gasteiger partial charge in [-0.2, -0.15) is 0 Å². The third-order valence-corrected chi connectivity index (χ3v) is 5.08. The van der Waals surface area contributed by atoms with Crippen molar-refractivity contribution in [2.75, 3.05) is 25.2 Å². The number of nitrogens with zero attached hydrogens (tertiary/aromatic N) is 1. The lowest BCUT2D eigenvalue weighted by Crippen LogP contribution is -2.03. The smallest absolute Gasteiger partial charge is 0.206 e. The van der Waals surface area contributed by atoms with Gasteiger partial charge < -0.3 is 15.2 Å². The van der Waals surface area contributed by atoms with E-state index < -0.39 is 0 Å². The van der Waals surface area contributed by atoms with E-state index in [0.29, 0.717) is 35.2 Å². The largest absolute Gasteiger partial charge is 0.490 e. The van der Waals surface area contributed by atoms with Crippen LogP contribution in [0.3, 0.4) is 0 Å². The fourth-order valence-electron chi connectivity index (χ4n) is 2.00. The number of nitrogen functional groups attached to an aromatic ring is 1. The quantitative estimate of drug-likeness (QED) is 0.692. The minimum atomic E-state index is -0.138. The number of carbonyl (C=O) groups excluding carboxylic acids is 1. The van der Waals surface area contributed by atoms with Gasteiger partial charge in [0.1, 0.15) is 10.7 Å². The van der Waals surface area contributed by atoms with Crippen LogP contribution in [0.2, 0.25) is 0 Å². The maximum absolute atomic E-state index is 12.6. The molecule has 7 heteroatoms. The summed E-state index contributed by atoms with van der Waals surface area (Å²) in [6.45, 7) is 1.21. The Morgan fingerprint density at radius 2 is 2.10 bits per heavy atom. The van der Waals surface area contributed by atoms with E-state index in [9.17, 15) is 4.79 Å². The number of carbonyl (C=O) groups is 1. The second-order valence-electron chi connectivity index (χ2n) is 4.44. The summed E-state index contributed by atoms with van der Waals surface area (Å²) in [6.07, 6.45) is 2.73. The summed E-state index contributed by atoms with van der Waals surface area (Å²) in [5, 5.41) is 0. The van der Waals surface area contributed by atoms with Gasteiger partial charge in [0.15, 0.2) is 15.8 Å². The number of fused-ring (bicyclic) bond motifs is 1. The van der Waals surface area contributed by atoms with Crippen LogP contribution in [-0.2, 0) is 0 Å². The van der Waals surface area contributed by atoms with E-state index in [-0.39, 0.29) is 11.6 Å². The fourth-order valence-corrected chi connectivity index (χ4v) is 3.45. The molecule has 2 heterocycles. The lowest BCUT2D eigenvalue weighted by Gasteiger charge is -2.08. The number of ketones is 1. The first-order chi connectivity index (χ1) is 10.2. The average Bonchev–Trinajstić information content (AvgIpc) is 2.72. The molecule has 0 saturated heterocycles. The van der Waals surface area contributed by atoms with Crippen LogP contribution in [0.15, 0.2) is 22.5 Å². The van der Waals surface area contributed by atoms with E-state index in [1.165, 1.54) is 23.1 Å². The number of benzene rings is 1. The first-order valence-electron chi connectivity index (χ1n) is 6.43. The molecule has 0 saturated carbocycles. The lowest BCUT2D eigenvalue weighted by atomic mass is 10.1. The lowest BCUT2D eigenvalue weighted by molar-refractivity contribution is 0.104. The van der Waals surface area contributed by atoms with Gasteiger partial charge >= 0.3 is 0 Å².